The maximum absolute atomic E-state index is 12.5. The number of fused-ring (bicyclic) bond motifs is 1. The molecule has 2 rings (SSSR count). The molecule has 2 aromatic rings. The molecule has 1 N–H and O–H groups in total. The molecule has 1 unspecified atom stereocenters. The first kappa shape index (κ1) is 14.5. The Morgan fingerprint density at radius 3 is 2.70 bits per heavy atom. The molecule has 0 saturated carbocycles. The number of hydrogen-bond acceptors (Lipinski definition) is 4. The maximum atomic E-state index is 12.5. The van der Waals surface area contributed by atoms with Gasteiger partial charge in [-0.15, -0.1) is 0 Å². The molecule has 0 spiro atoms. The molecule has 0 saturated heterocycles. The predicted octanol–water partition coefficient (Wildman–Crippen LogP) is 1.11. The molecule has 20 heavy (non-hydrogen) atoms. The molecular formula is C14H20N4O2. The summed E-state index contributed by atoms with van der Waals surface area (Å²) in [5, 5.41) is 13.8. The summed E-state index contributed by atoms with van der Waals surface area (Å²) in [4.78, 5) is 18.4. The Hall–Kier alpha value is -1.95. The van der Waals surface area contributed by atoms with E-state index in [1.807, 2.05) is 19.9 Å². The van der Waals surface area contributed by atoms with Crippen molar-refractivity contribution in [1.82, 2.24) is 19.5 Å². The maximum Gasteiger partial charge on any atom is 0.259 e. The molecule has 0 aliphatic carbocycles. The van der Waals surface area contributed by atoms with E-state index in [-0.39, 0.29) is 12.5 Å². The van der Waals surface area contributed by atoms with Gasteiger partial charge in [-0.3, -0.25) is 4.79 Å². The Kier molecular flexibility index (Phi) is 3.76. The molecule has 0 radical (unpaired) electrons. The smallest absolute Gasteiger partial charge is 0.259 e. The van der Waals surface area contributed by atoms with Gasteiger partial charge >= 0.3 is 0 Å². The van der Waals surface area contributed by atoms with Crippen molar-refractivity contribution in [2.24, 2.45) is 0 Å². The minimum absolute atomic E-state index is 0.170. The fraction of sp³-hybridized carbons (Fsp3) is 0.500. The van der Waals surface area contributed by atoms with E-state index < -0.39 is 6.10 Å². The third-order valence-corrected chi connectivity index (χ3v) is 3.17. The largest absolute Gasteiger partial charge is 0.392 e. The second-order valence-electron chi connectivity index (χ2n) is 5.27. The van der Waals surface area contributed by atoms with Gasteiger partial charge in [0.2, 0.25) is 0 Å². The van der Waals surface area contributed by atoms with Crippen molar-refractivity contribution in [1.29, 1.82) is 0 Å². The first-order valence-electron chi connectivity index (χ1n) is 6.58. The molecule has 2 aromatic heterocycles. The van der Waals surface area contributed by atoms with Gasteiger partial charge in [0.1, 0.15) is 5.56 Å². The van der Waals surface area contributed by atoms with Crippen molar-refractivity contribution in [3.8, 4) is 0 Å². The fourth-order valence-electron chi connectivity index (χ4n) is 2.35. The van der Waals surface area contributed by atoms with E-state index in [9.17, 15) is 9.90 Å². The van der Waals surface area contributed by atoms with Crippen LogP contribution in [0, 0.1) is 20.8 Å². The highest BCUT2D eigenvalue weighted by molar-refractivity contribution is 6.00. The summed E-state index contributed by atoms with van der Waals surface area (Å²) in [5.41, 5.74) is 3.51. The zero-order valence-electron chi connectivity index (χ0n) is 12.5. The molecule has 0 bridgehead atoms. The van der Waals surface area contributed by atoms with Gasteiger partial charge in [-0.1, -0.05) is 0 Å². The van der Waals surface area contributed by atoms with Gasteiger partial charge in [0, 0.05) is 25.0 Å². The predicted molar refractivity (Wildman–Crippen MR) is 75.8 cm³/mol. The second kappa shape index (κ2) is 5.20. The van der Waals surface area contributed by atoms with Crippen LogP contribution in [0.5, 0.6) is 0 Å². The summed E-state index contributed by atoms with van der Waals surface area (Å²) in [7, 11) is 1.67. The van der Waals surface area contributed by atoms with Crippen LogP contribution in [-0.2, 0) is 0 Å². The van der Waals surface area contributed by atoms with Crippen LogP contribution in [0.4, 0.5) is 0 Å². The number of carbonyl (C=O) groups is 1. The molecule has 0 fully saturated rings. The number of nitrogens with zero attached hydrogens (tertiary/aromatic N) is 4. The first-order chi connectivity index (χ1) is 9.31. The van der Waals surface area contributed by atoms with Gasteiger partial charge in [0.15, 0.2) is 5.65 Å². The molecule has 0 aliphatic rings. The molecule has 6 heteroatoms. The summed E-state index contributed by atoms with van der Waals surface area (Å²) in [6, 6.07) is 1.92. The lowest BCUT2D eigenvalue weighted by molar-refractivity contribution is 0.0704. The number of hydrogen-bond donors (Lipinski definition) is 1. The highest BCUT2D eigenvalue weighted by Gasteiger charge is 2.23. The van der Waals surface area contributed by atoms with Crippen LogP contribution in [0.3, 0.4) is 0 Å². The lowest BCUT2D eigenvalue weighted by Crippen LogP contribution is -2.33. The van der Waals surface area contributed by atoms with Gasteiger partial charge in [-0.2, -0.15) is 5.10 Å². The number of rotatable bonds is 3. The van der Waals surface area contributed by atoms with E-state index >= 15 is 0 Å². The Labute approximate surface area is 118 Å². The minimum atomic E-state index is -0.567. The highest BCUT2D eigenvalue weighted by Crippen LogP contribution is 2.17. The third-order valence-electron chi connectivity index (χ3n) is 3.17. The summed E-state index contributed by atoms with van der Waals surface area (Å²) >= 11 is 0. The number of aliphatic hydroxyl groups is 1. The van der Waals surface area contributed by atoms with Crippen molar-refractivity contribution >= 4 is 11.6 Å². The lowest BCUT2D eigenvalue weighted by Gasteiger charge is -2.18. The van der Waals surface area contributed by atoms with Crippen molar-refractivity contribution < 1.29 is 9.90 Å². The third kappa shape index (κ3) is 2.51. The van der Waals surface area contributed by atoms with E-state index in [0.717, 1.165) is 11.4 Å². The van der Waals surface area contributed by atoms with Crippen LogP contribution < -0.4 is 0 Å². The molecular weight excluding hydrogens is 256 g/mol. The van der Waals surface area contributed by atoms with Crippen LogP contribution in [0.2, 0.25) is 0 Å². The Balaban J connectivity index is 2.54. The fourth-order valence-corrected chi connectivity index (χ4v) is 2.35. The SMILES string of the molecule is Cc1cc(C)n2nc(C)c(C(=O)N(C)CC(C)O)c2n1. The van der Waals surface area contributed by atoms with Crippen molar-refractivity contribution in [2.45, 2.75) is 33.8 Å². The van der Waals surface area contributed by atoms with E-state index in [4.69, 9.17) is 0 Å². The standard InChI is InChI=1S/C14H20N4O2/c1-8-6-9(2)18-13(15-8)12(11(4)16-18)14(20)17(5)7-10(3)19/h6,10,19H,7H2,1-5H3. The zero-order chi connectivity index (χ0) is 15.0. The van der Waals surface area contributed by atoms with Gasteiger partial charge in [0.25, 0.3) is 5.91 Å². The number of carbonyl (C=O) groups excluding carboxylic acids is 1. The Bertz CT molecular complexity index is 661. The monoisotopic (exact) mass is 276 g/mol. The number of aryl methyl sites for hydroxylation is 3. The minimum Gasteiger partial charge on any atom is -0.392 e. The van der Waals surface area contributed by atoms with Gasteiger partial charge in [0.05, 0.1) is 11.8 Å². The van der Waals surface area contributed by atoms with Gasteiger partial charge in [-0.25, -0.2) is 9.50 Å². The summed E-state index contributed by atoms with van der Waals surface area (Å²) in [5.74, 6) is -0.170. The van der Waals surface area contributed by atoms with Crippen molar-refractivity contribution in [3.05, 3.63) is 28.7 Å². The van der Waals surface area contributed by atoms with E-state index in [0.29, 0.717) is 16.9 Å². The van der Waals surface area contributed by atoms with Crippen molar-refractivity contribution in [3.63, 3.8) is 0 Å². The summed E-state index contributed by atoms with van der Waals surface area (Å²) < 4.78 is 1.69. The number of aromatic nitrogens is 3. The highest BCUT2D eigenvalue weighted by atomic mass is 16.3. The van der Waals surface area contributed by atoms with Crippen molar-refractivity contribution in [2.75, 3.05) is 13.6 Å². The molecule has 0 aromatic carbocycles. The van der Waals surface area contributed by atoms with E-state index in [2.05, 4.69) is 10.1 Å². The molecule has 1 atom stereocenters. The van der Waals surface area contributed by atoms with Crippen LogP contribution in [0.1, 0.15) is 34.4 Å². The summed E-state index contributed by atoms with van der Waals surface area (Å²) in [6.07, 6.45) is -0.567. The van der Waals surface area contributed by atoms with Crippen LogP contribution in [0.15, 0.2) is 6.07 Å². The number of amides is 1. The zero-order valence-corrected chi connectivity index (χ0v) is 12.5. The number of likely N-dealkylation sites (N-methyl/N-ethyl adjacent to an activating group) is 1. The lowest BCUT2D eigenvalue weighted by atomic mass is 10.2. The first-order valence-corrected chi connectivity index (χ1v) is 6.58. The molecule has 2 heterocycles. The Morgan fingerprint density at radius 2 is 2.10 bits per heavy atom. The van der Waals surface area contributed by atoms with E-state index in [1.165, 1.54) is 4.90 Å². The van der Waals surface area contributed by atoms with Gasteiger partial charge < -0.3 is 10.0 Å². The Morgan fingerprint density at radius 1 is 1.45 bits per heavy atom. The van der Waals surface area contributed by atoms with E-state index in [1.54, 1.807) is 25.4 Å². The second-order valence-corrected chi connectivity index (χ2v) is 5.27. The molecule has 6 nitrogen and oxygen atoms in total. The normalized spacial score (nSPS) is 12.7. The average molecular weight is 276 g/mol. The number of aliphatic hydroxyl groups excluding tert-OH is 1. The topological polar surface area (TPSA) is 70.7 Å². The average Bonchev–Trinajstić information content (AvgIpc) is 2.64. The summed E-state index contributed by atoms with van der Waals surface area (Å²) in [6.45, 7) is 7.55. The molecule has 0 aliphatic heterocycles. The quantitative estimate of drug-likeness (QED) is 0.911. The molecule has 1 amide bonds. The van der Waals surface area contributed by atoms with Crippen LogP contribution >= 0.6 is 0 Å². The van der Waals surface area contributed by atoms with Gasteiger partial charge in [-0.05, 0) is 33.8 Å². The van der Waals surface area contributed by atoms with Crippen LogP contribution in [-0.4, -0.2) is 50.2 Å². The molecule has 108 valence electrons. The van der Waals surface area contributed by atoms with Crippen LogP contribution in [0.25, 0.3) is 5.65 Å².